The Morgan fingerprint density at radius 2 is 1.95 bits per heavy atom. The van der Waals surface area contributed by atoms with Crippen molar-refractivity contribution in [3.05, 3.63) is 29.8 Å². The van der Waals surface area contributed by atoms with Gasteiger partial charge in [-0.15, -0.1) is 0 Å². The number of amides is 1. The molecule has 0 aliphatic heterocycles. The molecule has 0 saturated carbocycles. The van der Waals surface area contributed by atoms with Crippen molar-refractivity contribution in [3.8, 4) is 6.07 Å². The summed E-state index contributed by atoms with van der Waals surface area (Å²) >= 11 is 0. The molecule has 0 saturated heterocycles. The van der Waals surface area contributed by atoms with Gasteiger partial charge >= 0.3 is 0 Å². The molecule has 0 radical (unpaired) electrons. The quantitative estimate of drug-likeness (QED) is 0.873. The molecule has 1 N–H and O–H groups in total. The SMILES string of the molecule is CC(C)CN(C(C)C)C(C)C(=O)Nc1cccc(C#N)c1. The predicted octanol–water partition coefficient (Wildman–Crippen LogP) is 3.25. The lowest BCUT2D eigenvalue weighted by atomic mass is 10.1. The predicted molar refractivity (Wildman–Crippen MR) is 85.9 cm³/mol. The number of nitrogens with one attached hydrogen (secondary N) is 1. The van der Waals surface area contributed by atoms with Crippen molar-refractivity contribution in [2.24, 2.45) is 5.92 Å². The number of hydrogen-bond acceptors (Lipinski definition) is 3. The Balaban J connectivity index is 2.78. The third-order valence-electron chi connectivity index (χ3n) is 3.38. The lowest BCUT2D eigenvalue weighted by molar-refractivity contribution is -0.121. The van der Waals surface area contributed by atoms with E-state index in [0.717, 1.165) is 6.54 Å². The lowest BCUT2D eigenvalue weighted by Gasteiger charge is -2.33. The number of nitrogens with zero attached hydrogens (tertiary/aromatic N) is 2. The van der Waals surface area contributed by atoms with Gasteiger partial charge in [0.1, 0.15) is 0 Å². The van der Waals surface area contributed by atoms with E-state index in [2.05, 4.69) is 44.0 Å². The minimum Gasteiger partial charge on any atom is -0.325 e. The van der Waals surface area contributed by atoms with Gasteiger partial charge in [-0.1, -0.05) is 19.9 Å². The van der Waals surface area contributed by atoms with Crippen LogP contribution in [0.15, 0.2) is 24.3 Å². The standard InChI is InChI=1S/C17H25N3O/c1-12(2)11-20(13(3)4)14(5)17(21)19-16-8-6-7-15(9-16)10-18/h6-9,12-14H,11H2,1-5H3,(H,19,21). The van der Waals surface area contributed by atoms with E-state index in [9.17, 15) is 4.79 Å². The van der Waals surface area contributed by atoms with Gasteiger partial charge in [0.05, 0.1) is 17.7 Å². The molecule has 0 aliphatic rings. The Hall–Kier alpha value is -1.86. The number of rotatable bonds is 6. The van der Waals surface area contributed by atoms with Gasteiger partial charge in [0.15, 0.2) is 0 Å². The molecule has 0 aromatic heterocycles. The number of carbonyl (C=O) groups is 1. The van der Waals surface area contributed by atoms with Crippen molar-refractivity contribution in [3.63, 3.8) is 0 Å². The van der Waals surface area contributed by atoms with Gasteiger partial charge in [-0.25, -0.2) is 0 Å². The summed E-state index contributed by atoms with van der Waals surface area (Å²) in [6, 6.07) is 9.15. The van der Waals surface area contributed by atoms with Crippen molar-refractivity contribution < 1.29 is 4.79 Å². The molecule has 4 nitrogen and oxygen atoms in total. The Bertz CT molecular complexity index is 517. The molecule has 0 fully saturated rings. The summed E-state index contributed by atoms with van der Waals surface area (Å²) < 4.78 is 0. The molecular formula is C17H25N3O. The average molecular weight is 287 g/mol. The van der Waals surface area contributed by atoms with Crippen LogP contribution in [0.1, 0.15) is 40.2 Å². The van der Waals surface area contributed by atoms with Crippen LogP contribution in [0.2, 0.25) is 0 Å². The minimum atomic E-state index is -0.210. The highest BCUT2D eigenvalue weighted by atomic mass is 16.2. The van der Waals surface area contributed by atoms with Crippen LogP contribution in [0.3, 0.4) is 0 Å². The number of carbonyl (C=O) groups excluding carboxylic acids is 1. The molecule has 1 unspecified atom stereocenters. The monoisotopic (exact) mass is 287 g/mol. The Morgan fingerprint density at radius 1 is 1.29 bits per heavy atom. The van der Waals surface area contributed by atoms with Crippen LogP contribution in [0.5, 0.6) is 0 Å². The second-order valence-electron chi connectivity index (χ2n) is 6.04. The maximum absolute atomic E-state index is 12.4. The summed E-state index contributed by atoms with van der Waals surface area (Å²) in [5.74, 6) is 0.462. The molecule has 4 heteroatoms. The number of hydrogen-bond donors (Lipinski definition) is 1. The van der Waals surface area contributed by atoms with E-state index in [4.69, 9.17) is 5.26 Å². The maximum Gasteiger partial charge on any atom is 0.241 e. The molecule has 1 amide bonds. The number of benzene rings is 1. The van der Waals surface area contributed by atoms with E-state index < -0.39 is 0 Å². The van der Waals surface area contributed by atoms with Crippen molar-refractivity contribution >= 4 is 11.6 Å². The normalized spacial score (nSPS) is 12.5. The van der Waals surface area contributed by atoms with Gasteiger partial charge in [0.25, 0.3) is 0 Å². The molecule has 114 valence electrons. The van der Waals surface area contributed by atoms with Gasteiger partial charge in [-0.05, 0) is 44.9 Å². The number of nitriles is 1. The van der Waals surface area contributed by atoms with E-state index in [0.29, 0.717) is 23.2 Å². The second kappa shape index (κ2) is 7.80. The first kappa shape index (κ1) is 17.2. The Labute approximate surface area is 127 Å². The molecular weight excluding hydrogens is 262 g/mol. The van der Waals surface area contributed by atoms with Crippen molar-refractivity contribution in [1.29, 1.82) is 5.26 Å². The molecule has 0 spiro atoms. The van der Waals surface area contributed by atoms with Gasteiger partial charge in [0, 0.05) is 18.3 Å². The third-order valence-corrected chi connectivity index (χ3v) is 3.38. The Morgan fingerprint density at radius 3 is 2.48 bits per heavy atom. The first-order valence-corrected chi connectivity index (χ1v) is 7.42. The highest BCUT2D eigenvalue weighted by Crippen LogP contribution is 2.14. The zero-order valence-corrected chi connectivity index (χ0v) is 13.6. The average Bonchev–Trinajstić information content (AvgIpc) is 2.43. The zero-order valence-electron chi connectivity index (χ0n) is 13.6. The van der Waals surface area contributed by atoms with Crippen LogP contribution < -0.4 is 5.32 Å². The summed E-state index contributed by atoms with van der Waals surface area (Å²) in [6.45, 7) is 11.3. The molecule has 0 heterocycles. The van der Waals surface area contributed by atoms with E-state index in [1.165, 1.54) is 0 Å². The minimum absolute atomic E-state index is 0.0422. The number of anilines is 1. The fourth-order valence-electron chi connectivity index (χ4n) is 2.30. The lowest BCUT2D eigenvalue weighted by Crippen LogP contribution is -2.47. The van der Waals surface area contributed by atoms with Crippen LogP contribution in [-0.2, 0) is 4.79 Å². The second-order valence-corrected chi connectivity index (χ2v) is 6.04. The molecule has 1 rings (SSSR count). The molecule has 0 bridgehead atoms. The molecule has 1 aromatic rings. The molecule has 21 heavy (non-hydrogen) atoms. The van der Waals surface area contributed by atoms with Crippen LogP contribution in [0.4, 0.5) is 5.69 Å². The molecule has 0 aliphatic carbocycles. The van der Waals surface area contributed by atoms with Gasteiger partial charge in [0.2, 0.25) is 5.91 Å². The van der Waals surface area contributed by atoms with Crippen molar-refractivity contribution in [2.45, 2.75) is 46.7 Å². The molecule has 1 atom stereocenters. The first-order valence-electron chi connectivity index (χ1n) is 7.42. The van der Waals surface area contributed by atoms with Crippen LogP contribution >= 0.6 is 0 Å². The summed E-state index contributed by atoms with van der Waals surface area (Å²) in [5, 5.41) is 11.8. The highest BCUT2D eigenvalue weighted by molar-refractivity contribution is 5.94. The highest BCUT2D eigenvalue weighted by Gasteiger charge is 2.24. The summed E-state index contributed by atoms with van der Waals surface area (Å²) in [7, 11) is 0. The van der Waals surface area contributed by atoms with Gasteiger partial charge < -0.3 is 5.32 Å². The summed E-state index contributed by atoms with van der Waals surface area (Å²) in [4.78, 5) is 14.6. The summed E-state index contributed by atoms with van der Waals surface area (Å²) in [5.41, 5.74) is 1.21. The molecule has 1 aromatic carbocycles. The Kier molecular flexibility index (Phi) is 6.39. The van der Waals surface area contributed by atoms with Crippen LogP contribution in [-0.4, -0.2) is 29.4 Å². The summed E-state index contributed by atoms with van der Waals surface area (Å²) in [6.07, 6.45) is 0. The van der Waals surface area contributed by atoms with Gasteiger partial charge in [-0.3, -0.25) is 9.69 Å². The zero-order chi connectivity index (χ0) is 16.0. The van der Waals surface area contributed by atoms with Crippen molar-refractivity contribution in [2.75, 3.05) is 11.9 Å². The van der Waals surface area contributed by atoms with E-state index in [1.54, 1.807) is 24.3 Å². The van der Waals surface area contributed by atoms with E-state index >= 15 is 0 Å². The van der Waals surface area contributed by atoms with E-state index in [1.807, 2.05) is 6.92 Å². The van der Waals surface area contributed by atoms with Crippen LogP contribution in [0, 0.1) is 17.2 Å². The fourth-order valence-corrected chi connectivity index (χ4v) is 2.30. The first-order chi connectivity index (χ1) is 9.85. The smallest absolute Gasteiger partial charge is 0.241 e. The maximum atomic E-state index is 12.4. The fraction of sp³-hybridized carbons (Fsp3) is 0.529. The van der Waals surface area contributed by atoms with Gasteiger partial charge in [-0.2, -0.15) is 5.26 Å². The largest absolute Gasteiger partial charge is 0.325 e. The topological polar surface area (TPSA) is 56.1 Å². The van der Waals surface area contributed by atoms with Crippen molar-refractivity contribution in [1.82, 2.24) is 4.90 Å². The van der Waals surface area contributed by atoms with E-state index in [-0.39, 0.29) is 11.9 Å². The van der Waals surface area contributed by atoms with Crippen LogP contribution in [0.25, 0.3) is 0 Å². The third kappa shape index (κ3) is 5.20.